The van der Waals surface area contributed by atoms with Crippen molar-refractivity contribution in [2.75, 3.05) is 6.61 Å². The molecular weight excluding hydrogens is 354 g/mol. The molecule has 6 nitrogen and oxygen atoms in total. The molecule has 1 aromatic heterocycles. The van der Waals surface area contributed by atoms with Crippen LogP contribution in [0.4, 0.5) is 0 Å². The summed E-state index contributed by atoms with van der Waals surface area (Å²) < 4.78 is 9.88. The number of rotatable bonds is 4. The molecule has 1 aromatic carbocycles. The number of ketones is 1. The van der Waals surface area contributed by atoms with Gasteiger partial charge in [-0.25, -0.2) is 0 Å². The molecule has 1 aliphatic rings. The zero-order valence-electron chi connectivity index (χ0n) is 17.4. The molecule has 6 heteroatoms. The predicted octanol–water partition coefficient (Wildman–Crippen LogP) is 3.25. The molecule has 0 spiro atoms. The van der Waals surface area contributed by atoms with Crippen LogP contribution >= 0.6 is 0 Å². The highest BCUT2D eigenvalue weighted by molar-refractivity contribution is 5.99. The molecule has 0 N–H and O–H groups in total. The van der Waals surface area contributed by atoms with E-state index in [4.69, 9.17) is 4.74 Å². The molecule has 2 heterocycles. The van der Waals surface area contributed by atoms with Gasteiger partial charge in [-0.1, -0.05) is 32.9 Å². The van der Waals surface area contributed by atoms with Crippen LogP contribution in [0, 0.1) is 0 Å². The third-order valence-electron chi connectivity index (χ3n) is 5.14. The van der Waals surface area contributed by atoms with Gasteiger partial charge in [-0.3, -0.25) is 19.0 Å². The van der Waals surface area contributed by atoms with Gasteiger partial charge in [0.05, 0.1) is 12.6 Å². The van der Waals surface area contributed by atoms with Crippen LogP contribution in [0.25, 0.3) is 0 Å². The zero-order valence-corrected chi connectivity index (χ0v) is 17.4. The van der Waals surface area contributed by atoms with Crippen LogP contribution in [-0.2, 0) is 23.7 Å². The Labute approximate surface area is 165 Å². The summed E-state index contributed by atoms with van der Waals surface area (Å²) in [5.41, 5.74) is 2.54. The average molecular weight is 383 g/mol. The third kappa shape index (κ3) is 4.33. The van der Waals surface area contributed by atoms with Gasteiger partial charge in [0.1, 0.15) is 0 Å². The fourth-order valence-corrected chi connectivity index (χ4v) is 3.60. The van der Waals surface area contributed by atoms with E-state index in [1.54, 1.807) is 24.3 Å². The minimum absolute atomic E-state index is 0.0715. The Morgan fingerprint density at radius 1 is 1.21 bits per heavy atom. The third-order valence-corrected chi connectivity index (χ3v) is 5.14. The highest BCUT2D eigenvalue weighted by atomic mass is 16.5. The topological polar surface area (TPSA) is 65.6 Å². The van der Waals surface area contributed by atoms with Gasteiger partial charge in [0.15, 0.2) is 11.3 Å². The number of carbonyl (C=O) groups is 2. The van der Waals surface area contributed by atoms with Crippen LogP contribution in [0.5, 0.6) is 0 Å². The average Bonchev–Trinajstić information content (AvgIpc) is 3.25. The second kappa shape index (κ2) is 7.87. The van der Waals surface area contributed by atoms with E-state index in [1.165, 1.54) is 6.92 Å². The summed E-state index contributed by atoms with van der Waals surface area (Å²) in [5, 5.41) is 0. The summed E-state index contributed by atoms with van der Waals surface area (Å²) in [5.74, 6) is -0.423. The SMILES string of the molecule is CC(=O)c1cccc(C(=O)/N=c2\cc(C(C)(C)C)n(C)n2C[C@H]2CCCO2)c1. The molecule has 3 rings (SSSR count). The highest BCUT2D eigenvalue weighted by Crippen LogP contribution is 2.21. The molecule has 28 heavy (non-hydrogen) atoms. The van der Waals surface area contributed by atoms with E-state index in [9.17, 15) is 9.59 Å². The summed E-state index contributed by atoms with van der Waals surface area (Å²) in [6, 6.07) is 8.69. The molecule has 1 amide bonds. The van der Waals surface area contributed by atoms with E-state index in [-0.39, 0.29) is 23.2 Å². The normalized spacial score (nSPS) is 17.9. The van der Waals surface area contributed by atoms with Gasteiger partial charge in [-0.15, -0.1) is 0 Å². The van der Waals surface area contributed by atoms with E-state index in [0.29, 0.717) is 23.2 Å². The Hall–Kier alpha value is -2.47. The molecule has 0 bridgehead atoms. The number of aromatic nitrogens is 2. The molecule has 1 fully saturated rings. The molecular formula is C22H29N3O3. The lowest BCUT2D eigenvalue weighted by Crippen LogP contribution is -2.30. The first kappa shape index (κ1) is 20.3. The smallest absolute Gasteiger partial charge is 0.279 e. The number of hydrogen-bond acceptors (Lipinski definition) is 3. The Bertz CT molecular complexity index is 954. The number of ether oxygens (including phenoxy) is 1. The molecule has 1 atom stereocenters. The Balaban J connectivity index is 2.04. The van der Waals surface area contributed by atoms with Gasteiger partial charge in [0.2, 0.25) is 0 Å². The zero-order chi connectivity index (χ0) is 20.5. The predicted molar refractivity (Wildman–Crippen MR) is 107 cm³/mol. The number of nitrogens with zero attached hydrogens (tertiary/aromatic N) is 3. The molecule has 150 valence electrons. The highest BCUT2D eigenvalue weighted by Gasteiger charge is 2.23. The van der Waals surface area contributed by atoms with Gasteiger partial charge in [-0.05, 0) is 31.9 Å². The van der Waals surface area contributed by atoms with Crippen LogP contribution in [0.3, 0.4) is 0 Å². The monoisotopic (exact) mass is 383 g/mol. The maximum atomic E-state index is 12.8. The Kier molecular flexibility index (Phi) is 5.70. The van der Waals surface area contributed by atoms with Gasteiger partial charge in [-0.2, -0.15) is 4.99 Å². The van der Waals surface area contributed by atoms with Gasteiger partial charge in [0.25, 0.3) is 5.91 Å². The minimum Gasteiger partial charge on any atom is -0.376 e. The van der Waals surface area contributed by atoms with Crippen molar-refractivity contribution >= 4 is 11.7 Å². The van der Waals surface area contributed by atoms with Crippen molar-refractivity contribution in [2.24, 2.45) is 12.0 Å². The van der Waals surface area contributed by atoms with Crippen LogP contribution in [0.1, 0.15) is 66.9 Å². The second-order valence-corrected chi connectivity index (χ2v) is 8.43. The first-order valence-electron chi connectivity index (χ1n) is 9.76. The van der Waals surface area contributed by atoms with E-state index in [0.717, 1.165) is 25.1 Å². The molecule has 0 unspecified atom stereocenters. The lowest BCUT2D eigenvalue weighted by Gasteiger charge is -2.21. The molecule has 1 saturated heterocycles. The minimum atomic E-state index is -0.352. The van der Waals surface area contributed by atoms with E-state index in [2.05, 4.69) is 30.4 Å². The number of Topliss-reactive ketones (excluding diaryl/α,β-unsaturated/α-hetero) is 1. The van der Waals surface area contributed by atoms with Crippen LogP contribution in [-0.4, -0.2) is 33.8 Å². The number of carbonyl (C=O) groups excluding carboxylic acids is 2. The largest absolute Gasteiger partial charge is 0.376 e. The lowest BCUT2D eigenvalue weighted by molar-refractivity contribution is 0.0885. The molecule has 0 aliphatic carbocycles. The Morgan fingerprint density at radius 3 is 2.54 bits per heavy atom. The summed E-state index contributed by atoms with van der Waals surface area (Å²) in [7, 11) is 2.00. The van der Waals surface area contributed by atoms with Crippen LogP contribution < -0.4 is 5.49 Å². The lowest BCUT2D eigenvalue weighted by atomic mass is 9.92. The van der Waals surface area contributed by atoms with Crippen molar-refractivity contribution in [1.29, 1.82) is 0 Å². The van der Waals surface area contributed by atoms with Crippen molar-refractivity contribution in [3.63, 3.8) is 0 Å². The second-order valence-electron chi connectivity index (χ2n) is 8.43. The summed E-state index contributed by atoms with van der Waals surface area (Å²) in [6.07, 6.45) is 2.21. The number of benzene rings is 1. The molecule has 0 saturated carbocycles. The van der Waals surface area contributed by atoms with Crippen LogP contribution in [0.2, 0.25) is 0 Å². The van der Waals surface area contributed by atoms with Gasteiger partial charge < -0.3 is 4.74 Å². The summed E-state index contributed by atoms with van der Waals surface area (Å²) in [4.78, 5) is 28.8. The van der Waals surface area contributed by atoms with Crippen molar-refractivity contribution in [3.8, 4) is 0 Å². The van der Waals surface area contributed by atoms with Crippen molar-refractivity contribution < 1.29 is 14.3 Å². The molecule has 0 radical (unpaired) electrons. The van der Waals surface area contributed by atoms with E-state index < -0.39 is 0 Å². The number of amides is 1. The quantitative estimate of drug-likeness (QED) is 0.761. The van der Waals surface area contributed by atoms with Gasteiger partial charge in [0, 0.05) is 42.0 Å². The maximum absolute atomic E-state index is 12.8. The summed E-state index contributed by atoms with van der Waals surface area (Å²) >= 11 is 0. The Morgan fingerprint density at radius 2 is 1.93 bits per heavy atom. The first-order chi connectivity index (χ1) is 13.2. The van der Waals surface area contributed by atoms with E-state index >= 15 is 0 Å². The molecule has 1 aliphatic heterocycles. The van der Waals surface area contributed by atoms with Gasteiger partial charge >= 0.3 is 0 Å². The maximum Gasteiger partial charge on any atom is 0.279 e. The fraction of sp³-hybridized carbons (Fsp3) is 0.500. The fourth-order valence-electron chi connectivity index (χ4n) is 3.60. The van der Waals surface area contributed by atoms with Crippen molar-refractivity contribution in [3.05, 3.63) is 52.6 Å². The van der Waals surface area contributed by atoms with Crippen molar-refractivity contribution in [2.45, 2.75) is 58.6 Å². The summed E-state index contributed by atoms with van der Waals surface area (Å²) in [6.45, 7) is 9.35. The van der Waals surface area contributed by atoms with E-state index in [1.807, 2.05) is 17.8 Å². The van der Waals surface area contributed by atoms with Crippen LogP contribution in [0.15, 0.2) is 35.3 Å². The molecule has 2 aromatic rings. The van der Waals surface area contributed by atoms with Crippen molar-refractivity contribution in [1.82, 2.24) is 9.36 Å². The first-order valence-corrected chi connectivity index (χ1v) is 9.76. The standard InChI is InChI=1S/C22H29N3O3/c1-15(26)16-8-6-9-17(12-16)21(27)23-20-13-19(22(2,3)4)24(5)25(20)14-18-10-7-11-28-18/h6,8-9,12-13,18H,7,10-11,14H2,1-5H3/b23-20+/t18-/m1/s1. The number of hydrogen-bond donors (Lipinski definition) is 0.